The molecule has 0 amide bonds. The second-order valence-electron chi connectivity index (χ2n) is 3.87. The van der Waals surface area contributed by atoms with Crippen molar-refractivity contribution in [2.24, 2.45) is 0 Å². The van der Waals surface area contributed by atoms with Crippen LogP contribution in [0.15, 0.2) is 24.3 Å². The number of aromatic nitrogens is 1. The van der Waals surface area contributed by atoms with Gasteiger partial charge in [-0.2, -0.15) is 12.6 Å². The van der Waals surface area contributed by atoms with E-state index in [1.165, 1.54) is 16.0 Å². The molecule has 0 saturated carbocycles. The molecule has 1 nitrogen and oxygen atoms in total. The largest absolute Gasteiger partial charge is 0.241 e. The highest BCUT2D eigenvalue weighted by Gasteiger charge is 2.08. The Balaban J connectivity index is 2.33. The van der Waals surface area contributed by atoms with Gasteiger partial charge < -0.3 is 0 Å². The molecule has 2 aromatic rings. The fraction of sp³-hybridized carbons (Fsp3) is 0.308. The van der Waals surface area contributed by atoms with Gasteiger partial charge in [-0.15, -0.1) is 11.3 Å². The first-order chi connectivity index (χ1) is 7.70. The van der Waals surface area contributed by atoms with Gasteiger partial charge in [0.1, 0.15) is 5.01 Å². The number of thiol groups is 1. The zero-order chi connectivity index (χ0) is 11.5. The third-order valence-corrected chi connectivity index (χ3v) is 4.02. The lowest BCUT2D eigenvalue weighted by atomic mass is 10.2. The van der Waals surface area contributed by atoms with E-state index in [-0.39, 0.29) is 0 Å². The maximum Gasteiger partial charge on any atom is 0.123 e. The summed E-state index contributed by atoms with van der Waals surface area (Å²) < 4.78 is 0. The zero-order valence-electron chi connectivity index (χ0n) is 9.53. The van der Waals surface area contributed by atoms with Gasteiger partial charge in [-0.3, -0.25) is 0 Å². The minimum Gasteiger partial charge on any atom is -0.241 e. The summed E-state index contributed by atoms with van der Waals surface area (Å²) in [6.45, 7) is 4.18. The van der Waals surface area contributed by atoms with Gasteiger partial charge in [-0.25, -0.2) is 4.98 Å². The Kier molecular flexibility index (Phi) is 3.66. The standard InChI is InChI=1S/C13H15NS2/c1-9-3-5-11(6-4-9)13-14-10(2)12(16-13)7-8-15/h3-6,15H,7-8H2,1-2H3. The van der Waals surface area contributed by atoms with Gasteiger partial charge in [0.25, 0.3) is 0 Å². The van der Waals surface area contributed by atoms with Crippen LogP contribution in [-0.2, 0) is 6.42 Å². The molecule has 0 spiro atoms. The third-order valence-electron chi connectivity index (χ3n) is 2.53. The molecule has 3 heteroatoms. The fourth-order valence-electron chi connectivity index (χ4n) is 1.58. The predicted molar refractivity (Wildman–Crippen MR) is 74.6 cm³/mol. The van der Waals surface area contributed by atoms with E-state index in [2.05, 4.69) is 55.7 Å². The average Bonchev–Trinajstić information content (AvgIpc) is 2.62. The van der Waals surface area contributed by atoms with Gasteiger partial charge in [-0.1, -0.05) is 29.8 Å². The molecule has 1 heterocycles. The SMILES string of the molecule is Cc1ccc(-c2nc(C)c(CCS)s2)cc1. The van der Waals surface area contributed by atoms with Crippen LogP contribution in [0, 0.1) is 13.8 Å². The summed E-state index contributed by atoms with van der Waals surface area (Å²) >= 11 is 6.05. The van der Waals surface area contributed by atoms with Crippen molar-refractivity contribution in [3.8, 4) is 10.6 Å². The van der Waals surface area contributed by atoms with Crippen molar-refractivity contribution >= 4 is 24.0 Å². The van der Waals surface area contributed by atoms with Crippen LogP contribution in [0.2, 0.25) is 0 Å². The second kappa shape index (κ2) is 5.02. The van der Waals surface area contributed by atoms with Crippen LogP contribution in [0.5, 0.6) is 0 Å². The normalized spacial score (nSPS) is 10.7. The van der Waals surface area contributed by atoms with E-state index in [4.69, 9.17) is 0 Å². The van der Waals surface area contributed by atoms with E-state index in [1.54, 1.807) is 11.3 Å². The number of thiazole rings is 1. The van der Waals surface area contributed by atoms with Crippen LogP contribution < -0.4 is 0 Å². The number of nitrogens with zero attached hydrogens (tertiary/aromatic N) is 1. The van der Waals surface area contributed by atoms with Crippen molar-refractivity contribution in [2.45, 2.75) is 20.3 Å². The molecule has 1 aromatic carbocycles. The molecule has 0 atom stereocenters. The van der Waals surface area contributed by atoms with Crippen molar-refractivity contribution in [3.05, 3.63) is 40.4 Å². The molecule has 0 aliphatic carbocycles. The predicted octanol–water partition coefficient (Wildman–Crippen LogP) is 3.90. The molecule has 1 aromatic heterocycles. The molecule has 0 aliphatic heterocycles. The summed E-state index contributed by atoms with van der Waals surface area (Å²) in [4.78, 5) is 5.97. The lowest BCUT2D eigenvalue weighted by Crippen LogP contribution is -1.84. The Labute approximate surface area is 106 Å². The smallest absolute Gasteiger partial charge is 0.123 e. The van der Waals surface area contributed by atoms with E-state index in [0.29, 0.717) is 0 Å². The fourth-order valence-corrected chi connectivity index (χ4v) is 3.02. The topological polar surface area (TPSA) is 12.9 Å². The van der Waals surface area contributed by atoms with Crippen molar-refractivity contribution in [3.63, 3.8) is 0 Å². The molecule has 0 radical (unpaired) electrons. The Hall–Kier alpha value is -0.800. The van der Waals surface area contributed by atoms with Gasteiger partial charge >= 0.3 is 0 Å². The number of hydrogen-bond donors (Lipinski definition) is 1. The summed E-state index contributed by atoms with van der Waals surface area (Å²) in [5, 5.41) is 1.12. The third kappa shape index (κ3) is 2.47. The highest BCUT2D eigenvalue weighted by atomic mass is 32.1. The van der Waals surface area contributed by atoms with Crippen molar-refractivity contribution in [1.82, 2.24) is 4.98 Å². The van der Waals surface area contributed by atoms with Gasteiger partial charge in [0.15, 0.2) is 0 Å². The summed E-state index contributed by atoms with van der Waals surface area (Å²) in [5.74, 6) is 0.885. The maximum absolute atomic E-state index is 4.61. The first kappa shape index (κ1) is 11.7. The monoisotopic (exact) mass is 249 g/mol. The number of hydrogen-bond acceptors (Lipinski definition) is 3. The molecule has 0 saturated heterocycles. The molecule has 16 heavy (non-hydrogen) atoms. The molecule has 0 aliphatic rings. The van der Waals surface area contributed by atoms with Crippen LogP contribution in [0.3, 0.4) is 0 Å². The van der Waals surface area contributed by atoms with Crippen LogP contribution in [0.4, 0.5) is 0 Å². The number of benzene rings is 1. The van der Waals surface area contributed by atoms with E-state index in [9.17, 15) is 0 Å². The number of rotatable bonds is 3. The Bertz CT molecular complexity index is 471. The first-order valence-electron chi connectivity index (χ1n) is 5.35. The molecule has 0 N–H and O–H groups in total. The van der Waals surface area contributed by atoms with Gasteiger partial charge in [-0.05, 0) is 26.0 Å². The minimum absolute atomic E-state index is 0.885. The van der Waals surface area contributed by atoms with E-state index in [0.717, 1.165) is 22.9 Å². The lowest BCUT2D eigenvalue weighted by molar-refractivity contribution is 1.13. The quantitative estimate of drug-likeness (QED) is 0.814. The second-order valence-corrected chi connectivity index (χ2v) is 5.40. The summed E-state index contributed by atoms with van der Waals surface area (Å²) in [6, 6.07) is 8.53. The zero-order valence-corrected chi connectivity index (χ0v) is 11.2. The van der Waals surface area contributed by atoms with E-state index in [1.807, 2.05) is 0 Å². The van der Waals surface area contributed by atoms with Gasteiger partial charge in [0, 0.05) is 10.4 Å². The lowest BCUT2D eigenvalue weighted by Gasteiger charge is -1.96. The molecular weight excluding hydrogens is 234 g/mol. The molecule has 84 valence electrons. The van der Waals surface area contributed by atoms with Crippen molar-refractivity contribution in [1.29, 1.82) is 0 Å². The highest BCUT2D eigenvalue weighted by molar-refractivity contribution is 7.80. The summed E-state index contributed by atoms with van der Waals surface area (Å²) in [6.07, 6.45) is 1.01. The molecular formula is C13H15NS2. The van der Waals surface area contributed by atoms with Crippen LogP contribution in [0.1, 0.15) is 16.1 Å². The highest BCUT2D eigenvalue weighted by Crippen LogP contribution is 2.28. The van der Waals surface area contributed by atoms with Gasteiger partial charge in [0.2, 0.25) is 0 Å². The minimum atomic E-state index is 0.885. The summed E-state index contributed by atoms with van der Waals surface area (Å²) in [7, 11) is 0. The Morgan fingerprint density at radius 2 is 1.88 bits per heavy atom. The van der Waals surface area contributed by atoms with Gasteiger partial charge in [0.05, 0.1) is 5.69 Å². The van der Waals surface area contributed by atoms with Crippen LogP contribution in [-0.4, -0.2) is 10.7 Å². The molecule has 2 rings (SSSR count). The molecule has 0 unspecified atom stereocenters. The average molecular weight is 249 g/mol. The van der Waals surface area contributed by atoms with Crippen molar-refractivity contribution in [2.75, 3.05) is 5.75 Å². The van der Waals surface area contributed by atoms with Crippen LogP contribution in [0.25, 0.3) is 10.6 Å². The van der Waals surface area contributed by atoms with Crippen LogP contribution >= 0.6 is 24.0 Å². The number of aryl methyl sites for hydroxylation is 3. The Morgan fingerprint density at radius 3 is 2.50 bits per heavy atom. The molecule has 0 bridgehead atoms. The summed E-state index contributed by atoms with van der Waals surface area (Å²) in [5.41, 5.74) is 3.64. The first-order valence-corrected chi connectivity index (χ1v) is 6.80. The maximum atomic E-state index is 4.61. The van der Waals surface area contributed by atoms with E-state index < -0.39 is 0 Å². The Morgan fingerprint density at radius 1 is 1.19 bits per heavy atom. The van der Waals surface area contributed by atoms with E-state index >= 15 is 0 Å². The molecule has 0 fully saturated rings. The van der Waals surface area contributed by atoms with Crippen molar-refractivity contribution < 1.29 is 0 Å².